The summed E-state index contributed by atoms with van der Waals surface area (Å²) in [6.45, 7) is 1.95. The molecule has 0 saturated carbocycles. The average Bonchev–Trinajstić information content (AvgIpc) is 3.23. The highest BCUT2D eigenvalue weighted by Crippen LogP contribution is 2.32. The molecule has 2 aromatic rings. The summed E-state index contributed by atoms with van der Waals surface area (Å²) in [6.07, 6.45) is -2.49. The van der Waals surface area contributed by atoms with Gasteiger partial charge in [0.25, 0.3) is 5.91 Å². The number of alkyl halides is 3. The van der Waals surface area contributed by atoms with Gasteiger partial charge in [-0.2, -0.15) is 18.3 Å². The van der Waals surface area contributed by atoms with Crippen LogP contribution in [0.25, 0.3) is 11.3 Å². The Kier molecular flexibility index (Phi) is 5.10. The van der Waals surface area contributed by atoms with Crippen LogP contribution in [0.4, 0.5) is 13.2 Å². The van der Waals surface area contributed by atoms with E-state index in [4.69, 9.17) is 4.42 Å². The minimum absolute atomic E-state index is 0.190. The van der Waals surface area contributed by atoms with Crippen molar-refractivity contribution in [1.29, 1.82) is 0 Å². The first kappa shape index (κ1) is 18.2. The molecule has 1 fully saturated rings. The number of carbonyl (C=O) groups is 1. The van der Waals surface area contributed by atoms with Gasteiger partial charge in [-0.25, -0.2) is 10.9 Å². The Balaban J connectivity index is 1.64. The van der Waals surface area contributed by atoms with E-state index in [1.165, 1.54) is 18.3 Å². The Labute approximate surface area is 147 Å². The van der Waals surface area contributed by atoms with E-state index in [9.17, 15) is 18.0 Å². The molecule has 0 spiro atoms. The molecule has 1 saturated heterocycles. The van der Waals surface area contributed by atoms with Gasteiger partial charge >= 0.3 is 6.18 Å². The maximum Gasteiger partial charge on any atom is 0.416 e. The molecule has 3 rings (SSSR count). The molecule has 26 heavy (non-hydrogen) atoms. The summed E-state index contributed by atoms with van der Waals surface area (Å²) in [6, 6.07) is 7.77. The van der Waals surface area contributed by atoms with Crippen molar-refractivity contribution in [1.82, 2.24) is 16.3 Å². The Morgan fingerprint density at radius 1 is 1.31 bits per heavy atom. The zero-order chi connectivity index (χ0) is 18.7. The van der Waals surface area contributed by atoms with Crippen LogP contribution in [0.1, 0.15) is 24.7 Å². The lowest BCUT2D eigenvalue weighted by atomic mass is 10.1. The zero-order valence-corrected chi connectivity index (χ0v) is 13.8. The lowest BCUT2D eigenvalue weighted by molar-refractivity contribution is -0.137. The lowest BCUT2D eigenvalue weighted by Crippen LogP contribution is -2.41. The second-order valence-electron chi connectivity index (χ2n) is 5.99. The second kappa shape index (κ2) is 7.30. The van der Waals surface area contributed by atoms with Gasteiger partial charge in [0.15, 0.2) is 0 Å². The third kappa shape index (κ3) is 4.30. The Morgan fingerprint density at radius 3 is 2.81 bits per heavy atom. The van der Waals surface area contributed by atoms with Gasteiger partial charge in [-0.15, -0.1) is 0 Å². The highest BCUT2D eigenvalue weighted by molar-refractivity contribution is 5.84. The van der Waals surface area contributed by atoms with Crippen molar-refractivity contribution in [3.63, 3.8) is 0 Å². The number of amides is 1. The molecule has 6 nitrogen and oxygen atoms in total. The van der Waals surface area contributed by atoms with Crippen LogP contribution in [0.3, 0.4) is 0 Å². The molecule has 138 valence electrons. The first-order chi connectivity index (χ1) is 12.3. The molecule has 0 aliphatic carbocycles. The van der Waals surface area contributed by atoms with Crippen LogP contribution in [0.5, 0.6) is 0 Å². The van der Waals surface area contributed by atoms with E-state index in [0.29, 0.717) is 17.7 Å². The average molecular weight is 366 g/mol. The Bertz CT molecular complexity index is 816. The lowest BCUT2D eigenvalue weighted by Gasteiger charge is -2.07. The maximum atomic E-state index is 12.8. The predicted octanol–water partition coefficient (Wildman–Crippen LogP) is 2.67. The number of nitrogens with one attached hydrogen (secondary N) is 3. The second-order valence-corrected chi connectivity index (χ2v) is 5.99. The molecular formula is C17H17F3N4O2. The molecule has 0 bridgehead atoms. The Hall–Kier alpha value is -2.65. The van der Waals surface area contributed by atoms with Crippen LogP contribution in [-0.4, -0.2) is 24.2 Å². The monoisotopic (exact) mass is 366 g/mol. The minimum Gasteiger partial charge on any atom is -0.455 e. The van der Waals surface area contributed by atoms with Crippen molar-refractivity contribution in [2.75, 3.05) is 0 Å². The SMILES string of the molecule is CC1CC(C(=O)N/N=C/c2ccc(-c3cccc(C(F)(F)F)c3)o2)NN1. The summed E-state index contributed by atoms with van der Waals surface area (Å²) in [5.74, 6) is 0.297. The Morgan fingerprint density at radius 2 is 2.12 bits per heavy atom. The van der Waals surface area contributed by atoms with E-state index in [0.717, 1.165) is 12.1 Å². The van der Waals surface area contributed by atoms with E-state index in [1.54, 1.807) is 12.1 Å². The van der Waals surface area contributed by atoms with Gasteiger partial charge in [-0.1, -0.05) is 12.1 Å². The summed E-state index contributed by atoms with van der Waals surface area (Å²) in [7, 11) is 0. The summed E-state index contributed by atoms with van der Waals surface area (Å²) in [5.41, 5.74) is 7.73. The fourth-order valence-corrected chi connectivity index (χ4v) is 2.55. The number of rotatable bonds is 4. The van der Waals surface area contributed by atoms with Crippen LogP contribution in [0.15, 0.2) is 45.9 Å². The number of halogens is 3. The number of hydrogen-bond donors (Lipinski definition) is 3. The van der Waals surface area contributed by atoms with Crippen LogP contribution in [-0.2, 0) is 11.0 Å². The minimum atomic E-state index is -4.42. The van der Waals surface area contributed by atoms with Crippen molar-refractivity contribution in [2.45, 2.75) is 31.6 Å². The highest BCUT2D eigenvalue weighted by Gasteiger charge is 2.30. The molecule has 2 atom stereocenters. The first-order valence-electron chi connectivity index (χ1n) is 7.94. The van der Waals surface area contributed by atoms with E-state index in [1.807, 2.05) is 6.92 Å². The van der Waals surface area contributed by atoms with Crippen LogP contribution < -0.4 is 16.3 Å². The van der Waals surface area contributed by atoms with Crippen molar-refractivity contribution >= 4 is 12.1 Å². The van der Waals surface area contributed by atoms with Gasteiger partial charge in [0.05, 0.1) is 11.8 Å². The molecule has 1 aromatic carbocycles. The number of benzene rings is 1. The van der Waals surface area contributed by atoms with Gasteiger partial charge in [0.2, 0.25) is 0 Å². The zero-order valence-electron chi connectivity index (χ0n) is 13.8. The van der Waals surface area contributed by atoms with Crippen LogP contribution >= 0.6 is 0 Å². The predicted molar refractivity (Wildman–Crippen MR) is 89.0 cm³/mol. The molecule has 1 aliphatic heterocycles. The maximum absolute atomic E-state index is 12.8. The molecule has 1 aliphatic rings. The van der Waals surface area contributed by atoms with E-state index >= 15 is 0 Å². The number of nitrogens with zero attached hydrogens (tertiary/aromatic N) is 1. The van der Waals surface area contributed by atoms with E-state index < -0.39 is 11.7 Å². The third-order valence-corrected chi connectivity index (χ3v) is 3.88. The summed E-state index contributed by atoms with van der Waals surface area (Å²) >= 11 is 0. The van der Waals surface area contributed by atoms with E-state index in [2.05, 4.69) is 21.4 Å². The summed E-state index contributed by atoms with van der Waals surface area (Å²) < 4.78 is 43.8. The summed E-state index contributed by atoms with van der Waals surface area (Å²) in [4.78, 5) is 11.9. The van der Waals surface area contributed by atoms with Crippen molar-refractivity contribution in [3.05, 3.63) is 47.7 Å². The standard InChI is InChI=1S/C17H17F3N4O2/c1-10-7-14(23-22-10)16(25)24-21-9-13-5-6-15(26-13)11-3-2-4-12(8-11)17(18,19)20/h2-6,8-10,14,22-23H,7H2,1H3,(H,24,25)/b21-9+. The number of carbonyl (C=O) groups excluding carboxylic acids is 1. The van der Waals surface area contributed by atoms with Crippen molar-refractivity contribution < 1.29 is 22.4 Å². The molecule has 2 heterocycles. The first-order valence-corrected chi connectivity index (χ1v) is 7.94. The molecule has 2 unspecified atom stereocenters. The number of furan rings is 1. The van der Waals surface area contributed by atoms with Gasteiger partial charge in [-0.05, 0) is 37.6 Å². The fraction of sp³-hybridized carbons (Fsp3) is 0.294. The molecule has 3 N–H and O–H groups in total. The smallest absolute Gasteiger partial charge is 0.416 e. The molecule has 0 radical (unpaired) electrons. The molecule has 9 heteroatoms. The quantitative estimate of drug-likeness (QED) is 0.574. The topological polar surface area (TPSA) is 78.7 Å². The van der Waals surface area contributed by atoms with Gasteiger partial charge in [0.1, 0.15) is 17.6 Å². The van der Waals surface area contributed by atoms with Gasteiger partial charge < -0.3 is 4.42 Å². The van der Waals surface area contributed by atoms with Crippen molar-refractivity contribution in [3.8, 4) is 11.3 Å². The van der Waals surface area contributed by atoms with Crippen LogP contribution in [0.2, 0.25) is 0 Å². The van der Waals surface area contributed by atoms with E-state index in [-0.39, 0.29) is 23.8 Å². The number of hydrazine groups is 1. The normalized spacial score (nSPS) is 20.6. The molecular weight excluding hydrogens is 349 g/mol. The van der Waals surface area contributed by atoms with Crippen LogP contribution in [0, 0.1) is 0 Å². The number of hydrazone groups is 1. The van der Waals surface area contributed by atoms with Gasteiger partial charge in [0, 0.05) is 11.6 Å². The largest absolute Gasteiger partial charge is 0.455 e. The third-order valence-electron chi connectivity index (χ3n) is 3.88. The molecule has 1 aromatic heterocycles. The molecule has 1 amide bonds. The summed E-state index contributed by atoms with van der Waals surface area (Å²) in [5, 5.41) is 3.81. The van der Waals surface area contributed by atoms with Crippen molar-refractivity contribution in [2.24, 2.45) is 5.10 Å². The fourth-order valence-electron chi connectivity index (χ4n) is 2.55. The van der Waals surface area contributed by atoms with Gasteiger partial charge in [-0.3, -0.25) is 10.2 Å². The number of hydrogen-bond acceptors (Lipinski definition) is 5. The highest BCUT2D eigenvalue weighted by atomic mass is 19.4.